The Hall–Kier alpha value is 0.240. The van der Waals surface area contributed by atoms with Crippen molar-refractivity contribution in [2.24, 2.45) is 0 Å². The van der Waals surface area contributed by atoms with Crippen molar-refractivity contribution in [1.29, 1.82) is 5.26 Å². The van der Waals surface area contributed by atoms with E-state index in [9.17, 15) is 10.1 Å². The van der Waals surface area contributed by atoms with E-state index in [-0.39, 0.29) is 6.42 Å². The van der Waals surface area contributed by atoms with Crippen LogP contribution in [-0.4, -0.2) is 19.3 Å². The second kappa shape index (κ2) is 16.4. The lowest BCUT2D eigenvalue weighted by atomic mass is 10.1. The molecule has 0 spiro atoms. The molecular weight excluding hydrogens is 390 g/mol. The molecule has 144 valence electrons. The predicted molar refractivity (Wildman–Crippen MR) is 119 cm³/mol. The van der Waals surface area contributed by atoms with Crippen LogP contribution in [0, 0.1) is 11.3 Å². The minimum Gasteiger partial charge on any atom is -0.281 e. The van der Waals surface area contributed by atoms with Crippen molar-refractivity contribution in [3.63, 3.8) is 0 Å². The molecule has 0 aliphatic carbocycles. The Labute approximate surface area is 173 Å². The fraction of sp³-hybridized carbons (Fsp3) is 0.842. The van der Waals surface area contributed by atoms with Gasteiger partial charge in [-0.1, -0.05) is 88.7 Å². The summed E-state index contributed by atoms with van der Waals surface area (Å²) in [4.78, 5) is 10.9. The lowest BCUT2D eigenvalue weighted by molar-refractivity contribution is -0.111. The first kappa shape index (κ1) is 25.2. The minimum absolute atomic E-state index is 0.213. The van der Waals surface area contributed by atoms with Crippen molar-refractivity contribution in [2.75, 3.05) is 5.75 Å². The zero-order chi connectivity index (χ0) is 19.0. The average molecular weight is 422 g/mol. The molecule has 0 N–H and O–H groups in total. The summed E-state index contributed by atoms with van der Waals surface area (Å²) < 4.78 is 0.133. The predicted octanol–water partition coefficient (Wildman–Crippen LogP) is 7.49. The molecule has 0 saturated carbocycles. The SMILES string of the molecule is CCCCCCCCCCCCSC(=S)SC(C)(C#N)CCC(=O)Cl. The number of unbranched alkanes of at least 4 members (excludes halogenated alkanes) is 9. The maximum absolute atomic E-state index is 10.9. The van der Waals surface area contributed by atoms with Gasteiger partial charge in [0, 0.05) is 6.42 Å². The topological polar surface area (TPSA) is 40.9 Å². The quantitative estimate of drug-likeness (QED) is 0.155. The first-order chi connectivity index (χ1) is 11.9. The lowest BCUT2D eigenvalue weighted by Crippen LogP contribution is -2.19. The summed E-state index contributed by atoms with van der Waals surface area (Å²) in [5.41, 5.74) is 0. The van der Waals surface area contributed by atoms with E-state index in [1.807, 2.05) is 6.92 Å². The molecule has 1 atom stereocenters. The number of nitrogens with zero attached hydrogens (tertiary/aromatic N) is 1. The summed E-state index contributed by atoms with van der Waals surface area (Å²) in [7, 11) is 0. The van der Waals surface area contributed by atoms with Crippen LogP contribution < -0.4 is 0 Å². The number of hydrogen-bond donors (Lipinski definition) is 0. The molecule has 0 radical (unpaired) electrons. The molecule has 6 heteroatoms. The second-order valence-corrected chi connectivity index (χ2v) is 10.8. The summed E-state index contributed by atoms with van der Waals surface area (Å²) in [5.74, 6) is 1.01. The molecule has 0 aromatic carbocycles. The number of thioether (sulfide) groups is 2. The summed E-state index contributed by atoms with van der Waals surface area (Å²) >= 11 is 13.8. The van der Waals surface area contributed by atoms with Gasteiger partial charge in [0.25, 0.3) is 0 Å². The van der Waals surface area contributed by atoms with Gasteiger partial charge < -0.3 is 0 Å². The van der Waals surface area contributed by atoms with Crippen LogP contribution in [0.1, 0.15) is 90.9 Å². The number of carbonyl (C=O) groups excluding carboxylic acids is 1. The van der Waals surface area contributed by atoms with Gasteiger partial charge in [0.15, 0.2) is 0 Å². The highest BCUT2D eigenvalue weighted by Crippen LogP contribution is 2.35. The van der Waals surface area contributed by atoms with Gasteiger partial charge in [-0.2, -0.15) is 5.26 Å². The minimum atomic E-state index is -0.660. The Bertz CT molecular complexity index is 425. The number of rotatable bonds is 15. The Morgan fingerprint density at radius 3 is 2.08 bits per heavy atom. The molecule has 0 heterocycles. The highest BCUT2D eigenvalue weighted by molar-refractivity contribution is 8.47. The standard InChI is InChI=1S/C19H32ClNOS3/c1-3-4-5-6-7-8-9-10-11-12-15-24-18(23)25-19(2,16-21)14-13-17(20)22/h3-15H2,1-2H3. The molecule has 0 aliphatic heterocycles. The third-order valence-corrected chi connectivity index (χ3v) is 7.10. The van der Waals surface area contributed by atoms with Gasteiger partial charge in [0.05, 0.1) is 6.07 Å². The van der Waals surface area contributed by atoms with Gasteiger partial charge in [0.2, 0.25) is 5.24 Å². The monoisotopic (exact) mass is 421 g/mol. The largest absolute Gasteiger partial charge is 0.281 e. The van der Waals surface area contributed by atoms with Gasteiger partial charge in [-0.15, -0.1) is 11.8 Å². The van der Waals surface area contributed by atoms with Crippen LogP contribution in [0.4, 0.5) is 0 Å². The first-order valence-electron chi connectivity index (χ1n) is 9.39. The van der Waals surface area contributed by atoms with E-state index in [0.29, 0.717) is 6.42 Å². The molecule has 0 aromatic rings. The molecule has 0 aromatic heterocycles. The van der Waals surface area contributed by atoms with Crippen molar-refractivity contribution >= 4 is 56.1 Å². The fourth-order valence-corrected chi connectivity index (χ4v) is 5.49. The van der Waals surface area contributed by atoms with E-state index < -0.39 is 9.99 Å². The van der Waals surface area contributed by atoms with Crippen LogP contribution in [0.15, 0.2) is 0 Å². The molecular formula is C19H32ClNOS3. The van der Waals surface area contributed by atoms with Crippen LogP contribution >= 0.6 is 47.3 Å². The maximum Gasteiger partial charge on any atom is 0.221 e. The van der Waals surface area contributed by atoms with E-state index in [1.54, 1.807) is 11.8 Å². The number of carbonyl (C=O) groups is 1. The maximum atomic E-state index is 10.9. The van der Waals surface area contributed by atoms with Crippen LogP contribution in [0.2, 0.25) is 0 Å². The lowest BCUT2D eigenvalue weighted by Gasteiger charge is -2.19. The summed E-state index contributed by atoms with van der Waals surface area (Å²) in [6, 6.07) is 2.26. The van der Waals surface area contributed by atoms with E-state index >= 15 is 0 Å². The highest BCUT2D eigenvalue weighted by atomic mass is 35.5. The van der Waals surface area contributed by atoms with Crippen molar-refractivity contribution in [2.45, 2.75) is 95.6 Å². The summed E-state index contributed by atoms with van der Waals surface area (Å²) in [5, 5.41) is 8.92. The van der Waals surface area contributed by atoms with E-state index in [2.05, 4.69) is 13.0 Å². The first-order valence-corrected chi connectivity index (χ1v) is 12.0. The van der Waals surface area contributed by atoms with Crippen LogP contribution in [0.5, 0.6) is 0 Å². The van der Waals surface area contributed by atoms with Gasteiger partial charge in [0.1, 0.15) is 8.28 Å². The van der Waals surface area contributed by atoms with Crippen molar-refractivity contribution < 1.29 is 4.79 Å². The van der Waals surface area contributed by atoms with Gasteiger partial charge in [-0.3, -0.25) is 4.79 Å². The van der Waals surface area contributed by atoms with E-state index in [0.717, 1.165) is 9.28 Å². The molecule has 0 fully saturated rings. The summed E-state index contributed by atoms with van der Waals surface area (Å²) in [6.45, 7) is 4.08. The number of nitriles is 1. The molecule has 0 saturated heterocycles. The Kier molecular flexibility index (Phi) is 16.6. The number of halogens is 1. The Morgan fingerprint density at radius 1 is 1.08 bits per heavy atom. The zero-order valence-corrected chi connectivity index (χ0v) is 18.9. The number of hydrogen-bond acceptors (Lipinski definition) is 5. The van der Waals surface area contributed by atoms with E-state index in [1.165, 1.54) is 76.0 Å². The van der Waals surface area contributed by atoms with Crippen molar-refractivity contribution in [3.05, 3.63) is 0 Å². The van der Waals surface area contributed by atoms with Gasteiger partial charge >= 0.3 is 0 Å². The number of thiocarbonyl (C=S) groups is 1. The molecule has 0 bridgehead atoms. The van der Waals surface area contributed by atoms with E-state index in [4.69, 9.17) is 23.8 Å². The Balaban J connectivity index is 3.63. The third-order valence-electron chi connectivity index (χ3n) is 4.06. The van der Waals surface area contributed by atoms with Gasteiger partial charge in [-0.05, 0) is 37.1 Å². The molecule has 2 nitrogen and oxygen atoms in total. The zero-order valence-electron chi connectivity index (χ0n) is 15.7. The van der Waals surface area contributed by atoms with Crippen molar-refractivity contribution in [1.82, 2.24) is 0 Å². The third kappa shape index (κ3) is 16.2. The molecule has 0 rings (SSSR count). The van der Waals surface area contributed by atoms with Gasteiger partial charge in [-0.25, -0.2) is 0 Å². The van der Waals surface area contributed by atoms with Crippen molar-refractivity contribution in [3.8, 4) is 6.07 Å². The molecule has 25 heavy (non-hydrogen) atoms. The van der Waals surface area contributed by atoms with Crippen LogP contribution in [-0.2, 0) is 4.79 Å². The summed E-state index contributed by atoms with van der Waals surface area (Å²) in [6.07, 6.45) is 14.0. The second-order valence-electron chi connectivity index (χ2n) is 6.58. The normalized spacial score (nSPS) is 13.2. The molecule has 0 aliphatic rings. The van der Waals surface area contributed by atoms with Crippen LogP contribution in [0.25, 0.3) is 0 Å². The van der Waals surface area contributed by atoms with Crippen LogP contribution in [0.3, 0.4) is 0 Å². The molecule has 0 amide bonds. The highest BCUT2D eigenvalue weighted by Gasteiger charge is 2.27. The Morgan fingerprint density at radius 2 is 1.60 bits per heavy atom. The average Bonchev–Trinajstić information content (AvgIpc) is 2.58. The smallest absolute Gasteiger partial charge is 0.221 e. The molecule has 1 unspecified atom stereocenters. The fourth-order valence-electron chi connectivity index (χ4n) is 2.42.